The van der Waals surface area contributed by atoms with Crippen molar-refractivity contribution >= 4 is 0 Å². The van der Waals surface area contributed by atoms with Crippen LogP contribution >= 0.6 is 0 Å². The molecule has 0 radical (unpaired) electrons. The van der Waals surface area contributed by atoms with E-state index in [1.54, 1.807) is 0 Å². The standard InChI is InChI=1S/C15H21F2N/c1-10-7-14(2,3)9-15(18,8-10)12-6-11(16)4-5-13(12)17/h4-6,10H,7-9,18H2,1-3H3. The Morgan fingerprint density at radius 3 is 2.50 bits per heavy atom. The Kier molecular flexibility index (Phi) is 3.22. The molecule has 1 saturated carbocycles. The maximum Gasteiger partial charge on any atom is 0.128 e. The second-order valence-corrected chi connectivity index (χ2v) is 6.63. The number of benzene rings is 1. The summed E-state index contributed by atoms with van der Waals surface area (Å²) in [5.41, 5.74) is 6.03. The van der Waals surface area contributed by atoms with E-state index in [9.17, 15) is 8.78 Å². The Morgan fingerprint density at radius 2 is 1.89 bits per heavy atom. The largest absolute Gasteiger partial charge is 0.321 e. The van der Waals surface area contributed by atoms with Gasteiger partial charge in [0.15, 0.2) is 0 Å². The summed E-state index contributed by atoms with van der Waals surface area (Å²) in [5.74, 6) is -0.405. The summed E-state index contributed by atoms with van der Waals surface area (Å²) in [6, 6.07) is 3.56. The van der Waals surface area contributed by atoms with E-state index in [2.05, 4.69) is 20.8 Å². The molecule has 0 heterocycles. The third-order valence-electron chi connectivity index (χ3n) is 3.87. The van der Waals surface area contributed by atoms with Crippen molar-refractivity contribution in [3.05, 3.63) is 35.4 Å². The fourth-order valence-electron chi connectivity index (χ4n) is 3.72. The molecule has 1 nitrogen and oxygen atoms in total. The minimum absolute atomic E-state index is 0.0607. The molecule has 1 fully saturated rings. The maximum absolute atomic E-state index is 13.9. The van der Waals surface area contributed by atoms with Gasteiger partial charge in [0, 0.05) is 11.1 Å². The van der Waals surface area contributed by atoms with Gasteiger partial charge in [-0.1, -0.05) is 20.8 Å². The fourth-order valence-corrected chi connectivity index (χ4v) is 3.72. The lowest BCUT2D eigenvalue weighted by Crippen LogP contribution is -2.47. The summed E-state index contributed by atoms with van der Waals surface area (Å²) < 4.78 is 27.3. The van der Waals surface area contributed by atoms with Crippen LogP contribution in [0.15, 0.2) is 18.2 Å². The summed E-state index contributed by atoms with van der Waals surface area (Å²) in [5, 5.41) is 0. The highest BCUT2D eigenvalue weighted by Crippen LogP contribution is 2.47. The van der Waals surface area contributed by atoms with Gasteiger partial charge >= 0.3 is 0 Å². The molecule has 0 aliphatic heterocycles. The van der Waals surface area contributed by atoms with Crippen LogP contribution in [0.1, 0.15) is 45.6 Å². The maximum atomic E-state index is 13.9. The minimum atomic E-state index is -0.757. The number of nitrogens with two attached hydrogens (primary N) is 1. The van der Waals surface area contributed by atoms with Gasteiger partial charge in [0.05, 0.1) is 0 Å². The van der Waals surface area contributed by atoms with Crippen LogP contribution in [-0.2, 0) is 5.54 Å². The zero-order valence-electron chi connectivity index (χ0n) is 11.3. The monoisotopic (exact) mass is 253 g/mol. The summed E-state index contributed by atoms with van der Waals surface area (Å²) in [6.07, 6.45) is 2.46. The van der Waals surface area contributed by atoms with E-state index in [4.69, 9.17) is 5.73 Å². The molecule has 18 heavy (non-hydrogen) atoms. The zero-order valence-corrected chi connectivity index (χ0v) is 11.3. The van der Waals surface area contributed by atoms with Gasteiger partial charge in [0.1, 0.15) is 11.6 Å². The van der Waals surface area contributed by atoms with E-state index in [0.717, 1.165) is 12.5 Å². The quantitative estimate of drug-likeness (QED) is 0.805. The highest BCUT2D eigenvalue weighted by molar-refractivity contribution is 5.28. The van der Waals surface area contributed by atoms with Crippen molar-refractivity contribution in [2.24, 2.45) is 17.1 Å². The fraction of sp³-hybridized carbons (Fsp3) is 0.600. The molecular weight excluding hydrogens is 232 g/mol. The molecule has 0 bridgehead atoms. The second kappa shape index (κ2) is 4.30. The normalized spacial score (nSPS) is 31.3. The Labute approximate surface area is 107 Å². The Hall–Kier alpha value is -0.960. The first-order valence-electron chi connectivity index (χ1n) is 6.46. The topological polar surface area (TPSA) is 26.0 Å². The number of hydrogen-bond donors (Lipinski definition) is 1. The van der Waals surface area contributed by atoms with Crippen LogP contribution in [0.3, 0.4) is 0 Å². The van der Waals surface area contributed by atoms with Crippen LogP contribution < -0.4 is 5.73 Å². The van der Waals surface area contributed by atoms with Gasteiger partial charge < -0.3 is 5.73 Å². The third-order valence-corrected chi connectivity index (χ3v) is 3.87. The molecule has 1 aromatic carbocycles. The molecule has 0 amide bonds. The van der Waals surface area contributed by atoms with Crippen molar-refractivity contribution in [3.8, 4) is 0 Å². The van der Waals surface area contributed by atoms with E-state index in [1.807, 2.05) is 0 Å². The SMILES string of the molecule is CC1CC(C)(C)CC(N)(c2cc(F)ccc2F)C1. The van der Waals surface area contributed by atoms with Gasteiger partial charge in [0.25, 0.3) is 0 Å². The lowest BCUT2D eigenvalue weighted by molar-refractivity contribution is 0.105. The van der Waals surface area contributed by atoms with Crippen LogP contribution in [0.25, 0.3) is 0 Å². The van der Waals surface area contributed by atoms with E-state index < -0.39 is 17.2 Å². The number of hydrogen-bond acceptors (Lipinski definition) is 1. The van der Waals surface area contributed by atoms with Crippen LogP contribution in [0, 0.1) is 23.0 Å². The summed E-state index contributed by atoms with van der Waals surface area (Å²) in [7, 11) is 0. The van der Waals surface area contributed by atoms with E-state index in [-0.39, 0.29) is 5.41 Å². The summed E-state index contributed by atoms with van der Waals surface area (Å²) in [4.78, 5) is 0. The average molecular weight is 253 g/mol. The molecule has 1 aromatic rings. The molecular formula is C15H21F2N. The van der Waals surface area contributed by atoms with Crippen molar-refractivity contribution in [2.75, 3.05) is 0 Å². The number of rotatable bonds is 1. The highest BCUT2D eigenvalue weighted by atomic mass is 19.1. The van der Waals surface area contributed by atoms with Gasteiger partial charge in [-0.25, -0.2) is 8.78 Å². The first kappa shape index (κ1) is 13.5. The third kappa shape index (κ3) is 2.56. The molecule has 0 aromatic heterocycles. The van der Waals surface area contributed by atoms with Crippen molar-refractivity contribution in [2.45, 2.75) is 45.6 Å². The second-order valence-electron chi connectivity index (χ2n) is 6.63. The van der Waals surface area contributed by atoms with Crippen molar-refractivity contribution in [1.29, 1.82) is 0 Å². The molecule has 2 N–H and O–H groups in total. The molecule has 1 aliphatic rings. The first-order chi connectivity index (χ1) is 8.22. The molecule has 2 atom stereocenters. The van der Waals surface area contributed by atoms with Gasteiger partial charge in [-0.3, -0.25) is 0 Å². The van der Waals surface area contributed by atoms with Crippen molar-refractivity contribution in [1.82, 2.24) is 0 Å². The smallest absolute Gasteiger partial charge is 0.128 e. The Bertz CT molecular complexity index is 456. The Balaban J connectivity index is 2.43. The molecule has 2 unspecified atom stereocenters. The molecule has 0 saturated heterocycles. The van der Waals surface area contributed by atoms with Gasteiger partial charge in [-0.05, 0) is 48.8 Å². The molecule has 0 spiro atoms. The molecule has 3 heteroatoms. The lowest BCUT2D eigenvalue weighted by atomic mass is 9.62. The molecule has 100 valence electrons. The highest BCUT2D eigenvalue weighted by Gasteiger charge is 2.42. The van der Waals surface area contributed by atoms with Crippen molar-refractivity contribution < 1.29 is 8.78 Å². The molecule has 1 aliphatic carbocycles. The first-order valence-corrected chi connectivity index (χ1v) is 6.46. The van der Waals surface area contributed by atoms with Crippen LogP contribution in [0.2, 0.25) is 0 Å². The predicted molar refractivity (Wildman–Crippen MR) is 69.0 cm³/mol. The van der Waals surface area contributed by atoms with Crippen LogP contribution in [0.4, 0.5) is 8.78 Å². The van der Waals surface area contributed by atoms with E-state index in [0.29, 0.717) is 24.3 Å². The number of halogens is 2. The minimum Gasteiger partial charge on any atom is -0.321 e. The molecule has 2 rings (SSSR count). The van der Waals surface area contributed by atoms with Gasteiger partial charge in [0.2, 0.25) is 0 Å². The Morgan fingerprint density at radius 1 is 1.22 bits per heavy atom. The van der Waals surface area contributed by atoms with Crippen LogP contribution in [-0.4, -0.2) is 0 Å². The van der Waals surface area contributed by atoms with E-state index >= 15 is 0 Å². The average Bonchev–Trinajstić information content (AvgIpc) is 2.17. The van der Waals surface area contributed by atoms with E-state index in [1.165, 1.54) is 12.1 Å². The predicted octanol–water partition coefficient (Wildman–Crippen LogP) is 3.97. The van der Waals surface area contributed by atoms with Gasteiger partial charge in [-0.15, -0.1) is 0 Å². The lowest BCUT2D eigenvalue weighted by Gasteiger charge is -2.46. The van der Waals surface area contributed by atoms with Gasteiger partial charge in [-0.2, -0.15) is 0 Å². The zero-order chi connectivity index (χ0) is 13.6. The van der Waals surface area contributed by atoms with Crippen LogP contribution in [0.5, 0.6) is 0 Å². The summed E-state index contributed by atoms with van der Waals surface area (Å²) in [6.45, 7) is 6.41. The summed E-state index contributed by atoms with van der Waals surface area (Å²) >= 11 is 0. The van der Waals surface area contributed by atoms with Crippen molar-refractivity contribution in [3.63, 3.8) is 0 Å².